The largest absolute Gasteiger partial charge is 0.486 e. The summed E-state index contributed by atoms with van der Waals surface area (Å²) in [7, 11) is 0. The number of hydrogen-bond donors (Lipinski definition) is 0. The van der Waals surface area contributed by atoms with E-state index in [2.05, 4.69) is 0 Å². The van der Waals surface area contributed by atoms with E-state index < -0.39 is 30.1 Å². The van der Waals surface area contributed by atoms with Gasteiger partial charge in [-0.15, -0.1) is 0 Å². The smallest absolute Gasteiger partial charge is 0.343 e. The van der Waals surface area contributed by atoms with Gasteiger partial charge in [0.05, 0.1) is 16.7 Å². The van der Waals surface area contributed by atoms with Crippen LogP contribution in [-0.2, 0) is 18.9 Å². The molecule has 2 unspecified atom stereocenters. The summed E-state index contributed by atoms with van der Waals surface area (Å²) in [5.74, 6) is -1.81. The molecule has 0 aromatic heterocycles. The van der Waals surface area contributed by atoms with Crippen molar-refractivity contribution in [2.75, 3.05) is 6.61 Å². The molecule has 0 saturated heterocycles. The summed E-state index contributed by atoms with van der Waals surface area (Å²) >= 11 is 0. The van der Waals surface area contributed by atoms with E-state index >= 15 is 0 Å². The molecular formula is C26H20O7. The Labute approximate surface area is 190 Å². The van der Waals surface area contributed by atoms with Gasteiger partial charge in [0.2, 0.25) is 6.10 Å². The second kappa shape index (κ2) is 10.3. The molecule has 1 aliphatic heterocycles. The molecule has 3 aromatic rings. The fourth-order valence-corrected chi connectivity index (χ4v) is 3.13. The first-order chi connectivity index (χ1) is 16.1. The van der Waals surface area contributed by atoms with Gasteiger partial charge in [-0.1, -0.05) is 54.6 Å². The van der Waals surface area contributed by atoms with Gasteiger partial charge in [0.15, 0.2) is 11.9 Å². The monoisotopic (exact) mass is 444 g/mol. The molecule has 0 N–H and O–H groups in total. The number of rotatable bonds is 7. The van der Waals surface area contributed by atoms with Crippen LogP contribution >= 0.6 is 0 Å². The molecule has 0 bridgehead atoms. The summed E-state index contributed by atoms with van der Waals surface area (Å²) in [6, 6.07) is 25.2. The van der Waals surface area contributed by atoms with Crippen molar-refractivity contribution in [2.24, 2.45) is 0 Å². The number of benzene rings is 3. The van der Waals surface area contributed by atoms with Gasteiger partial charge in [-0.3, -0.25) is 0 Å². The van der Waals surface area contributed by atoms with Crippen molar-refractivity contribution in [1.29, 1.82) is 0 Å². The zero-order valence-electron chi connectivity index (χ0n) is 17.5. The number of ether oxygens (including phenoxy) is 4. The number of carbonyl (C=O) groups is 3. The van der Waals surface area contributed by atoms with Gasteiger partial charge in [0, 0.05) is 0 Å². The molecule has 33 heavy (non-hydrogen) atoms. The summed E-state index contributed by atoms with van der Waals surface area (Å²) in [5.41, 5.74) is 1.01. The molecule has 166 valence electrons. The third-order valence-corrected chi connectivity index (χ3v) is 4.83. The summed E-state index contributed by atoms with van der Waals surface area (Å²) in [6.45, 7) is -0.219. The fraction of sp³-hybridized carbons (Fsp3) is 0.115. The SMILES string of the molecule is O=C(OCC1OC=C(OC(=O)c2ccccc2)C1OC(=O)c1ccccc1)c1ccccc1. The van der Waals surface area contributed by atoms with E-state index in [0.29, 0.717) is 16.7 Å². The van der Waals surface area contributed by atoms with Crippen LogP contribution in [0.3, 0.4) is 0 Å². The van der Waals surface area contributed by atoms with Crippen LogP contribution in [0.5, 0.6) is 0 Å². The van der Waals surface area contributed by atoms with Crippen molar-refractivity contribution in [1.82, 2.24) is 0 Å². The third-order valence-electron chi connectivity index (χ3n) is 4.83. The molecule has 1 aliphatic rings. The molecule has 0 fully saturated rings. The maximum Gasteiger partial charge on any atom is 0.343 e. The first-order valence-corrected chi connectivity index (χ1v) is 10.2. The van der Waals surface area contributed by atoms with E-state index in [9.17, 15) is 14.4 Å². The van der Waals surface area contributed by atoms with Gasteiger partial charge < -0.3 is 18.9 Å². The second-order valence-electron chi connectivity index (χ2n) is 7.11. The van der Waals surface area contributed by atoms with E-state index in [-0.39, 0.29) is 12.4 Å². The molecular weight excluding hydrogens is 424 g/mol. The molecule has 0 amide bonds. The lowest BCUT2D eigenvalue weighted by Gasteiger charge is -2.21. The van der Waals surface area contributed by atoms with Gasteiger partial charge in [0.25, 0.3) is 0 Å². The van der Waals surface area contributed by atoms with Crippen molar-refractivity contribution >= 4 is 17.9 Å². The highest BCUT2D eigenvalue weighted by Crippen LogP contribution is 2.26. The Hall–Kier alpha value is -4.39. The third kappa shape index (κ3) is 5.46. The van der Waals surface area contributed by atoms with Crippen molar-refractivity contribution in [3.05, 3.63) is 120 Å². The highest BCUT2D eigenvalue weighted by atomic mass is 16.6. The zero-order valence-corrected chi connectivity index (χ0v) is 17.5. The Morgan fingerprint density at radius 2 is 1.15 bits per heavy atom. The summed E-state index contributed by atoms with van der Waals surface area (Å²) < 4.78 is 21.9. The van der Waals surface area contributed by atoms with Gasteiger partial charge in [-0.2, -0.15) is 0 Å². The van der Waals surface area contributed by atoms with Crippen LogP contribution in [0.4, 0.5) is 0 Å². The number of carbonyl (C=O) groups excluding carboxylic acids is 3. The Kier molecular flexibility index (Phi) is 6.80. The number of esters is 3. The molecule has 1 heterocycles. The molecule has 2 atom stereocenters. The average Bonchev–Trinajstić information content (AvgIpc) is 3.24. The first-order valence-electron chi connectivity index (χ1n) is 10.2. The van der Waals surface area contributed by atoms with Crippen LogP contribution in [0.1, 0.15) is 31.1 Å². The highest BCUT2D eigenvalue weighted by molar-refractivity contribution is 5.91. The average molecular weight is 444 g/mol. The summed E-state index contributed by atoms with van der Waals surface area (Å²) in [6.07, 6.45) is -0.775. The van der Waals surface area contributed by atoms with Crippen LogP contribution in [0.25, 0.3) is 0 Å². The van der Waals surface area contributed by atoms with Gasteiger partial charge >= 0.3 is 17.9 Å². The van der Waals surface area contributed by atoms with Gasteiger partial charge in [-0.25, -0.2) is 14.4 Å². The first kappa shape index (κ1) is 21.8. The maximum atomic E-state index is 12.7. The zero-order chi connectivity index (χ0) is 23.0. The molecule has 0 saturated carbocycles. The fourth-order valence-electron chi connectivity index (χ4n) is 3.13. The van der Waals surface area contributed by atoms with Crippen LogP contribution in [0, 0.1) is 0 Å². The topological polar surface area (TPSA) is 88.1 Å². The predicted octanol–water partition coefficient (Wildman–Crippen LogP) is 4.17. The predicted molar refractivity (Wildman–Crippen MR) is 117 cm³/mol. The van der Waals surface area contributed by atoms with Crippen molar-refractivity contribution in [2.45, 2.75) is 12.2 Å². The van der Waals surface area contributed by atoms with Gasteiger partial charge in [0.1, 0.15) is 12.9 Å². The van der Waals surface area contributed by atoms with E-state index in [1.165, 1.54) is 6.26 Å². The standard InChI is InChI=1S/C26H20O7/c27-24(18-10-4-1-5-11-18)31-16-21-23(33-26(29)20-14-8-3-9-15-20)22(17-30-21)32-25(28)19-12-6-2-7-13-19/h1-15,17,21,23H,16H2. The van der Waals surface area contributed by atoms with Crippen LogP contribution in [-0.4, -0.2) is 36.7 Å². The summed E-state index contributed by atoms with van der Waals surface area (Å²) in [4.78, 5) is 37.5. The summed E-state index contributed by atoms with van der Waals surface area (Å²) in [5, 5.41) is 0. The van der Waals surface area contributed by atoms with Crippen LogP contribution < -0.4 is 0 Å². The van der Waals surface area contributed by atoms with Crippen molar-refractivity contribution in [3.8, 4) is 0 Å². The molecule has 4 rings (SSSR count). The molecule has 7 nitrogen and oxygen atoms in total. The van der Waals surface area contributed by atoms with Crippen molar-refractivity contribution in [3.63, 3.8) is 0 Å². The lowest BCUT2D eigenvalue weighted by Crippen LogP contribution is -2.35. The Morgan fingerprint density at radius 1 is 0.667 bits per heavy atom. The maximum absolute atomic E-state index is 12.7. The quantitative estimate of drug-likeness (QED) is 0.399. The lowest BCUT2D eigenvalue weighted by molar-refractivity contribution is -0.0286. The molecule has 0 spiro atoms. The Morgan fingerprint density at radius 3 is 1.70 bits per heavy atom. The normalized spacial score (nSPS) is 16.8. The minimum atomic E-state index is -1.09. The van der Waals surface area contributed by atoms with E-state index in [0.717, 1.165) is 0 Å². The molecule has 0 radical (unpaired) electrons. The highest BCUT2D eigenvalue weighted by Gasteiger charge is 2.39. The second-order valence-corrected chi connectivity index (χ2v) is 7.11. The van der Waals surface area contributed by atoms with Crippen molar-refractivity contribution < 1.29 is 33.3 Å². The Bertz CT molecular complexity index is 1140. The molecule has 3 aromatic carbocycles. The van der Waals surface area contributed by atoms with Crippen LogP contribution in [0.2, 0.25) is 0 Å². The minimum Gasteiger partial charge on any atom is -0.486 e. The van der Waals surface area contributed by atoms with E-state index in [1.807, 2.05) is 0 Å². The lowest BCUT2D eigenvalue weighted by atomic mass is 10.2. The van der Waals surface area contributed by atoms with E-state index in [4.69, 9.17) is 18.9 Å². The minimum absolute atomic E-state index is 0.00824. The van der Waals surface area contributed by atoms with Crippen LogP contribution in [0.15, 0.2) is 103 Å². The van der Waals surface area contributed by atoms with Gasteiger partial charge in [-0.05, 0) is 36.4 Å². The number of hydrogen-bond acceptors (Lipinski definition) is 7. The van der Waals surface area contributed by atoms with E-state index in [1.54, 1.807) is 91.0 Å². The molecule has 0 aliphatic carbocycles. The molecule has 7 heteroatoms. The Balaban J connectivity index is 1.47.